The highest BCUT2D eigenvalue weighted by Gasteiger charge is 2.35. The number of rotatable bonds is 3. The Bertz CT molecular complexity index is 398. The van der Waals surface area contributed by atoms with Crippen LogP contribution < -0.4 is 0 Å². The summed E-state index contributed by atoms with van der Waals surface area (Å²) in [5, 5.41) is 9.00. The Labute approximate surface area is 105 Å². The van der Waals surface area contributed by atoms with Crippen LogP contribution in [0.3, 0.4) is 0 Å². The molecule has 0 spiro atoms. The molecule has 1 heterocycles. The van der Waals surface area contributed by atoms with Crippen LogP contribution in [-0.4, -0.2) is 35.0 Å². The van der Waals surface area contributed by atoms with Crippen molar-refractivity contribution in [2.24, 2.45) is 0 Å². The van der Waals surface area contributed by atoms with Gasteiger partial charge in [-0.15, -0.1) is 0 Å². The van der Waals surface area contributed by atoms with Crippen molar-refractivity contribution in [3.63, 3.8) is 0 Å². The molecule has 4 nitrogen and oxygen atoms in total. The number of ether oxygens (including phenoxy) is 1. The van der Waals surface area contributed by atoms with E-state index in [1.165, 1.54) is 0 Å². The van der Waals surface area contributed by atoms with Crippen molar-refractivity contribution in [2.45, 2.75) is 31.8 Å². The molecular weight excluding hydrogens is 237 g/mol. The number of likely N-dealkylation sites (tertiary alicyclic amines) is 1. The highest BCUT2D eigenvalue weighted by Crippen LogP contribution is 2.22. The van der Waals surface area contributed by atoms with E-state index in [9.17, 15) is 9.18 Å². The summed E-state index contributed by atoms with van der Waals surface area (Å²) in [6, 6.07) is 9.33. The molecule has 1 saturated heterocycles. The Morgan fingerprint density at radius 1 is 1.44 bits per heavy atom. The van der Waals surface area contributed by atoms with Crippen molar-refractivity contribution in [3.8, 4) is 0 Å². The van der Waals surface area contributed by atoms with E-state index in [1.54, 1.807) is 0 Å². The molecule has 18 heavy (non-hydrogen) atoms. The minimum absolute atomic E-state index is 0.218. The maximum atomic E-state index is 13.7. The molecule has 1 fully saturated rings. The van der Waals surface area contributed by atoms with Crippen molar-refractivity contribution in [1.82, 2.24) is 4.90 Å². The maximum absolute atomic E-state index is 13.7. The van der Waals surface area contributed by atoms with Crippen LogP contribution in [0.1, 0.15) is 18.4 Å². The summed E-state index contributed by atoms with van der Waals surface area (Å²) in [7, 11) is 0. The second-order valence-electron chi connectivity index (χ2n) is 4.32. The number of carbonyl (C=O) groups is 1. The number of nitrogens with zero attached hydrogens (tertiary/aromatic N) is 1. The fourth-order valence-corrected chi connectivity index (χ4v) is 2.08. The van der Waals surface area contributed by atoms with Crippen LogP contribution in [0, 0.1) is 0 Å². The van der Waals surface area contributed by atoms with Gasteiger partial charge in [0.05, 0.1) is 6.61 Å². The molecule has 5 heteroatoms. The average molecular weight is 253 g/mol. The van der Waals surface area contributed by atoms with Crippen LogP contribution in [-0.2, 0) is 11.3 Å². The number of benzene rings is 1. The quantitative estimate of drug-likeness (QED) is 0.900. The second-order valence-corrected chi connectivity index (χ2v) is 4.32. The minimum atomic E-state index is -1.25. The van der Waals surface area contributed by atoms with Crippen LogP contribution in [0.5, 0.6) is 0 Å². The number of halogens is 1. The smallest absolute Gasteiger partial charge is 0.409 e. The van der Waals surface area contributed by atoms with Crippen molar-refractivity contribution >= 4 is 6.09 Å². The SMILES string of the molecule is O=C(O)N1CCCC(F)C1OCc1ccccc1. The van der Waals surface area contributed by atoms with Gasteiger partial charge in [-0.05, 0) is 18.4 Å². The van der Waals surface area contributed by atoms with Gasteiger partial charge in [-0.2, -0.15) is 0 Å². The minimum Gasteiger partial charge on any atom is -0.465 e. The first-order valence-electron chi connectivity index (χ1n) is 5.97. The molecule has 0 bridgehead atoms. The molecule has 0 radical (unpaired) electrons. The first kappa shape index (κ1) is 12.8. The molecule has 2 unspecified atom stereocenters. The third kappa shape index (κ3) is 2.98. The number of alkyl halides is 1. The fourth-order valence-electron chi connectivity index (χ4n) is 2.08. The second kappa shape index (κ2) is 5.82. The summed E-state index contributed by atoms with van der Waals surface area (Å²) < 4.78 is 19.2. The third-order valence-electron chi connectivity index (χ3n) is 3.00. The predicted molar refractivity (Wildman–Crippen MR) is 63.9 cm³/mol. The van der Waals surface area contributed by atoms with Crippen molar-refractivity contribution in [3.05, 3.63) is 35.9 Å². The molecule has 0 aromatic heterocycles. The lowest BCUT2D eigenvalue weighted by atomic mass is 10.1. The molecule has 2 atom stereocenters. The summed E-state index contributed by atoms with van der Waals surface area (Å²) in [6.07, 6.45) is -2.48. The Morgan fingerprint density at radius 2 is 2.17 bits per heavy atom. The van der Waals surface area contributed by atoms with Crippen LogP contribution in [0.15, 0.2) is 30.3 Å². The van der Waals surface area contributed by atoms with Gasteiger partial charge >= 0.3 is 6.09 Å². The van der Waals surface area contributed by atoms with Crippen LogP contribution >= 0.6 is 0 Å². The van der Waals surface area contributed by atoms with E-state index >= 15 is 0 Å². The fraction of sp³-hybridized carbons (Fsp3) is 0.462. The monoisotopic (exact) mass is 253 g/mol. The van der Waals surface area contributed by atoms with E-state index in [1.807, 2.05) is 30.3 Å². The highest BCUT2D eigenvalue weighted by atomic mass is 19.1. The molecule has 1 aliphatic rings. The highest BCUT2D eigenvalue weighted by molar-refractivity contribution is 5.65. The van der Waals surface area contributed by atoms with E-state index in [0.717, 1.165) is 10.5 Å². The summed E-state index contributed by atoms with van der Waals surface area (Å²) in [5.41, 5.74) is 0.903. The summed E-state index contributed by atoms with van der Waals surface area (Å²) >= 11 is 0. The van der Waals surface area contributed by atoms with E-state index in [4.69, 9.17) is 9.84 Å². The number of piperidine rings is 1. The van der Waals surface area contributed by atoms with Gasteiger partial charge in [0.2, 0.25) is 0 Å². The lowest BCUT2D eigenvalue weighted by molar-refractivity contribution is -0.114. The number of amides is 1. The van der Waals surface area contributed by atoms with Gasteiger partial charge in [0.25, 0.3) is 0 Å². The van der Waals surface area contributed by atoms with E-state index < -0.39 is 18.5 Å². The van der Waals surface area contributed by atoms with Crippen LogP contribution in [0.2, 0.25) is 0 Å². The molecule has 98 valence electrons. The summed E-state index contributed by atoms with van der Waals surface area (Å²) in [5.74, 6) is 0. The zero-order chi connectivity index (χ0) is 13.0. The summed E-state index contributed by atoms with van der Waals surface area (Å²) in [6.45, 7) is 0.547. The number of carboxylic acid groups (broad SMARTS) is 1. The Kier molecular flexibility index (Phi) is 4.15. The van der Waals surface area contributed by atoms with Crippen LogP contribution in [0.4, 0.5) is 9.18 Å². The Hall–Kier alpha value is -1.62. The third-order valence-corrected chi connectivity index (χ3v) is 3.00. The molecule has 1 aliphatic heterocycles. The van der Waals surface area contributed by atoms with E-state index in [-0.39, 0.29) is 6.61 Å². The topological polar surface area (TPSA) is 49.8 Å². The largest absolute Gasteiger partial charge is 0.465 e. The predicted octanol–water partition coefficient (Wildman–Crippen LogP) is 2.64. The van der Waals surface area contributed by atoms with Crippen molar-refractivity contribution < 1.29 is 19.0 Å². The molecule has 1 amide bonds. The van der Waals surface area contributed by atoms with Gasteiger partial charge in [0, 0.05) is 6.54 Å². The number of hydrogen-bond donors (Lipinski definition) is 1. The van der Waals surface area contributed by atoms with Crippen molar-refractivity contribution in [1.29, 1.82) is 0 Å². The molecular formula is C13H16FNO3. The molecule has 0 aliphatic carbocycles. The lowest BCUT2D eigenvalue weighted by Gasteiger charge is -2.35. The van der Waals surface area contributed by atoms with Gasteiger partial charge < -0.3 is 9.84 Å². The van der Waals surface area contributed by atoms with Gasteiger partial charge in [0.1, 0.15) is 6.17 Å². The van der Waals surface area contributed by atoms with Crippen molar-refractivity contribution in [2.75, 3.05) is 6.54 Å². The molecule has 2 rings (SSSR count). The molecule has 1 aromatic carbocycles. The maximum Gasteiger partial charge on any atom is 0.409 e. The van der Waals surface area contributed by atoms with Gasteiger partial charge in [-0.25, -0.2) is 9.18 Å². The van der Waals surface area contributed by atoms with E-state index in [0.29, 0.717) is 19.4 Å². The zero-order valence-electron chi connectivity index (χ0n) is 9.96. The molecule has 1 N–H and O–H groups in total. The average Bonchev–Trinajstić information content (AvgIpc) is 2.38. The van der Waals surface area contributed by atoms with E-state index in [2.05, 4.69) is 0 Å². The number of hydrogen-bond acceptors (Lipinski definition) is 2. The Balaban J connectivity index is 1.98. The molecule has 0 saturated carbocycles. The molecule has 1 aromatic rings. The first-order chi connectivity index (χ1) is 8.68. The van der Waals surface area contributed by atoms with Gasteiger partial charge in [0.15, 0.2) is 6.23 Å². The normalized spacial score (nSPS) is 23.9. The van der Waals surface area contributed by atoms with Gasteiger partial charge in [-0.3, -0.25) is 4.90 Å². The standard InChI is InChI=1S/C13H16FNO3/c14-11-7-4-8-15(13(16)17)12(11)18-9-10-5-2-1-3-6-10/h1-3,5-6,11-12H,4,7-9H2,(H,16,17). The zero-order valence-corrected chi connectivity index (χ0v) is 9.96. The van der Waals surface area contributed by atoms with Gasteiger partial charge in [-0.1, -0.05) is 30.3 Å². The first-order valence-corrected chi connectivity index (χ1v) is 5.97. The Morgan fingerprint density at radius 3 is 2.83 bits per heavy atom. The van der Waals surface area contributed by atoms with Crippen LogP contribution in [0.25, 0.3) is 0 Å². The summed E-state index contributed by atoms with van der Waals surface area (Å²) in [4.78, 5) is 12.0. The lowest BCUT2D eigenvalue weighted by Crippen LogP contribution is -2.50.